The van der Waals surface area contributed by atoms with Crippen molar-refractivity contribution in [2.24, 2.45) is 0 Å². The minimum Gasteiger partial charge on any atom is -0.489 e. The summed E-state index contributed by atoms with van der Waals surface area (Å²) < 4.78 is 12.3. The van der Waals surface area contributed by atoms with Crippen LogP contribution in [-0.4, -0.2) is 17.2 Å². The van der Waals surface area contributed by atoms with E-state index in [-0.39, 0.29) is 12.2 Å². The van der Waals surface area contributed by atoms with Crippen molar-refractivity contribution >= 4 is 38.3 Å². The van der Waals surface area contributed by atoms with Gasteiger partial charge < -0.3 is 15.2 Å². The predicted molar refractivity (Wildman–Crippen MR) is 80.6 cm³/mol. The van der Waals surface area contributed by atoms with Crippen molar-refractivity contribution in [2.45, 2.75) is 39.9 Å². The van der Waals surface area contributed by atoms with Crippen LogP contribution in [0.2, 0.25) is 5.02 Å². The van der Waals surface area contributed by atoms with Crippen molar-refractivity contribution < 1.29 is 9.47 Å². The number of nitrogen functional groups attached to an aromatic ring is 1. The molecule has 2 N–H and O–H groups in total. The Hall–Kier alpha value is -1.20. The van der Waals surface area contributed by atoms with Crippen LogP contribution < -0.4 is 15.2 Å². The Labute approximate surface area is 121 Å². The standard InChI is InChI=1S/C13H17ClN2O2S/c1-6(2)17-9-5-8(14)11(18-7(3)4)12-10(9)16-13(15)19-12/h5-7H,1-4H3,(H2,15,16). The number of nitrogens with two attached hydrogens (primary N) is 1. The van der Waals surface area contributed by atoms with Gasteiger partial charge in [-0.25, -0.2) is 4.98 Å². The number of benzene rings is 1. The molecule has 0 aliphatic heterocycles. The number of fused-ring (bicyclic) bond motifs is 1. The zero-order valence-corrected chi connectivity index (χ0v) is 12.9. The summed E-state index contributed by atoms with van der Waals surface area (Å²) in [4.78, 5) is 4.31. The molecule has 0 spiro atoms. The fraction of sp³-hybridized carbons (Fsp3) is 0.462. The van der Waals surface area contributed by atoms with Crippen molar-refractivity contribution in [3.8, 4) is 11.5 Å². The van der Waals surface area contributed by atoms with Gasteiger partial charge in [0.25, 0.3) is 0 Å². The van der Waals surface area contributed by atoms with E-state index in [2.05, 4.69) is 4.98 Å². The van der Waals surface area contributed by atoms with Crippen LogP contribution in [-0.2, 0) is 0 Å². The van der Waals surface area contributed by atoms with Crippen molar-refractivity contribution in [2.75, 3.05) is 5.73 Å². The van der Waals surface area contributed by atoms with E-state index in [0.29, 0.717) is 27.2 Å². The molecule has 4 nitrogen and oxygen atoms in total. The van der Waals surface area contributed by atoms with Gasteiger partial charge in [0.1, 0.15) is 16.0 Å². The second-order valence-electron chi connectivity index (χ2n) is 4.75. The summed E-state index contributed by atoms with van der Waals surface area (Å²) in [7, 11) is 0. The Morgan fingerprint density at radius 2 is 1.84 bits per heavy atom. The average molecular weight is 301 g/mol. The van der Waals surface area contributed by atoms with Gasteiger partial charge in [-0.2, -0.15) is 0 Å². The first kappa shape index (κ1) is 14.2. The molecular formula is C13H17ClN2O2S. The second kappa shape index (κ2) is 5.43. The molecule has 1 aromatic heterocycles. The first-order valence-corrected chi connectivity index (χ1v) is 7.29. The summed E-state index contributed by atoms with van der Waals surface area (Å²) in [5.74, 6) is 1.26. The number of rotatable bonds is 4. The lowest BCUT2D eigenvalue weighted by atomic mass is 10.2. The van der Waals surface area contributed by atoms with E-state index in [9.17, 15) is 0 Å². The van der Waals surface area contributed by atoms with E-state index in [4.69, 9.17) is 26.8 Å². The number of thiazole rings is 1. The van der Waals surface area contributed by atoms with Gasteiger partial charge in [0, 0.05) is 6.07 Å². The number of aromatic nitrogens is 1. The van der Waals surface area contributed by atoms with E-state index in [1.54, 1.807) is 6.07 Å². The Morgan fingerprint density at radius 3 is 2.42 bits per heavy atom. The van der Waals surface area contributed by atoms with Crippen LogP contribution in [0.4, 0.5) is 5.13 Å². The van der Waals surface area contributed by atoms with Crippen molar-refractivity contribution in [3.05, 3.63) is 11.1 Å². The third-order valence-electron chi connectivity index (χ3n) is 2.27. The van der Waals surface area contributed by atoms with Crippen molar-refractivity contribution in [1.29, 1.82) is 0 Å². The summed E-state index contributed by atoms with van der Waals surface area (Å²) in [6.45, 7) is 7.80. The van der Waals surface area contributed by atoms with Gasteiger partial charge in [0.05, 0.1) is 17.2 Å². The topological polar surface area (TPSA) is 57.4 Å². The minimum atomic E-state index is 0.0286. The largest absolute Gasteiger partial charge is 0.489 e. The SMILES string of the molecule is CC(C)Oc1cc(Cl)c(OC(C)C)c2sc(N)nc12. The summed E-state index contributed by atoms with van der Waals surface area (Å²) in [6, 6.07) is 1.74. The lowest BCUT2D eigenvalue weighted by molar-refractivity contribution is 0.239. The Kier molecular flexibility index (Phi) is 4.06. The van der Waals surface area contributed by atoms with E-state index in [1.165, 1.54) is 11.3 Å². The molecule has 0 aliphatic carbocycles. The smallest absolute Gasteiger partial charge is 0.181 e. The Bertz CT molecular complexity index is 596. The quantitative estimate of drug-likeness (QED) is 0.923. The molecule has 1 heterocycles. The Morgan fingerprint density at radius 1 is 1.21 bits per heavy atom. The van der Waals surface area contributed by atoms with E-state index < -0.39 is 0 Å². The molecule has 2 aromatic rings. The fourth-order valence-corrected chi connectivity index (χ4v) is 2.84. The molecule has 0 bridgehead atoms. The van der Waals surface area contributed by atoms with Crippen LogP contribution in [0.25, 0.3) is 10.2 Å². The maximum Gasteiger partial charge on any atom is 0.181 e. The van der Waals surface area contributed by atoms with Gasteiger partial charge in [-0.05, 0) is 27.7 Å². The number of ether oxygens (including phenoxy) is 2. The van der Waals surface area contributed by atoms with Gasteiger partial charge in [-0.3, -0.25) is 0 Å². The summed E-state index contributed by atoms with van der Waals surface area (Å²) >= 11 is 7.63. The van der Waals surface area contributed by atoms with Crippen LogP contribution in [0.1, 0.15) is 27.7 Å². The van der Waals surface area contributed by atoms with E-state index in [1.807, 2.05) is 27.7 Å². The maximum atomic E-state index is 6.28. The second-order valence-corrected chi connectivity index (χ2v) is 6.19. The molecule has 0 aliphatic rings. The minimum absolute atomic E-state index is 0.0286. The molecule has 0 saturated carbocycles. The molecule has 104 valence electrons. The normalized spacial score (nSPS) is 11.5. The van der Waals surface area contributed by atoms with E-state index >= 15 is 0 Å². The molecule has 6 heteroatoms. The highest BCUT2D eigenvalue weighted by Gasteiger charge is 2.19. The number of halogens is 1. The monoisotopic (exact) mass is 300 g/mol. The highest BCUT2D eigenvalue weighted by molar-refractivity contribution is 7.22. The highest BCUT2D eigenvalue weighted by Crippen LogP contribution is 2.43. The van der Waals surface area contributed by atoms with Gasteiger partial charge in [0.15, 0.2) is 10.9 Å². The van der Waals surface area contributed by atoms with Crippen LogP contribution >= 0.6 is 22.9 Å². The zero-order valence-electron chi connectivity index (χ0n) is 11.4. The molecule has 0 saturated heterocycles. The third kappa shape index (κ3) is 3.04. The van der Waals surface area contributed by atoms with Crippen LogP contribution in [0.5, 0.6) is 11.5 Å². The molecule has 0 radical (unpaired) electrons. The van der Waals surface area contributed by atoms with Gasteiger partial charge >= 0.3 is 0 Å². The lowest BCUT2D eigenvalue weighted by Crippen LogP contribution is -2.08. The van der Waals surface area contributed by atoms with Crippen LogP contribution in [0, 0.1) is 0 Å². The zero-order chi connectivity index (χ0) is 14.2. The Balaban J connectivity index is 2.62. The molecular weight excluding hydrogens is 284 g/mol. The molecule has 0 fully saturated rings. The van der Waals surface area contributed by atoms with E-state index in [0.717, 1.165) is 4.70 Å². The van der Waals surface area contributed by atoms with Crippen molar-refractivity contribution in [1.82, 2.24) is 4.98 Å². The molecule has 19 heavy (non-hydrogen) atoms. The summed E-state index contributed by atoms with van der Waals surface area (Å²) in [6.07, 6.45) is 0.0694. The molecule has 0 atom stereocenters. The van der Waals surface area contributed by atoms with Gasteiger partial charge in [0.2, 0.25) is 0 Å². The fourth-order valence-electron chi connectivity index (χ4n) is 1.70. The molecule has 0 unspecified atom stereocenters. The molecule has 0 amide bonds. The summed E-state index contributed by atoms with van der Waals surface area (Å²) in [5, 5.41) is 0.986. The first-order valence-electron chi connectivity index (χ1n) is 6.10. The number of nitrogens with zero attached hydrogens (tertiary/aromatic N) is 1. The first-order chi connectivity index (χ1) is 8.88. The number of hydrogen-bond acceptors (Lipinski definition) is 5. The van der Waals surface area contributed by atoms with Gasteiger partial charge in [-0.15, -0.1) is 0 Å². The maximum absolute atomic E-state index is 6.28. The number of anilines is 1. The van der Waals surface area contributed by atoms with Crippen LogP contribution in [0.15, 0.2) is 6.07 Å². The van der Waals surface area contributed by atoms with Gasteiger partial charge in [-0.1, -0.05) is 22.9 Å². The summed E-state index contributed by atoms with van der Waals surface area (Å²) in [5.41, 5.74) is 6.50. The predicted octanol–water partition coefficient (Wildman–Crippen LogP) is 4.11. The molecule has 2 rings (SSSR count). The average Bonchev–Trinajstić information content (AvgIpc) is 2.65. The number of hydrogen-bond donors (Lipinski definition) is 1. The van der Waals surface area contributed by atoms with Crippen molar-refractivity contribution in [3.63, 3.8) is 0 Å². The van der Waals surface area contributed by atoms with Crippen LogP contribution in [0.3, 0.4) is 0 Å². The highest BCUT2D eigenvalue weighted by atomic mass is 35.5. The molecule has 1 aromatic carbocycles. The lowest BCUT2D eigenvalue weighted by Gasteiger charge is -2.15. The third-order valence-corrected chi connectivity index (χ3v) is 3.44.